The van der Waals surface area contributed by atoms with Gasteiger partial charge in [0.2, 0.25) is 23.6 Å². The van der Waals surface area contributed by atoms with Crippen LogP contribution in [0.2, 0.25) is 0 Å². The highest BCUT2D eigenvalue weighted by atomic mass is 16.6. The highest BCUT2D eigenvalue weighted by Crippen LogP contribution is 2.35. The third kappa shape index (κ3) is 10.1. The number of nitrogens with zero attached hydrogens (tertiary/aromatic N) is 1. The standard InChI is InChI=1S/C38H49N5O6/c1-6-8-19-31(44)39-24-27-20-21-28-22-23-30(35(46)41-32(25-15-11-9-12-16-25)26-17-13-10-14-18-26)43(28)36(47)33(27)42-34(45)29(7-2)40-37(48)49-38(3,4)5/h1,9-18,27-30,32-33H,7-8,19-24H2,2-5H3,(H,39,44)(H,40,48)(H,41,46)(H,42,45)/t27-,28+,29+,30+,33+/m1/s1. The van der Waals surface area contributed by atoms with E-state index in [2.05, 4.69) is 27.2 Å². The van der Waals surface area contributed by atoms with Crippen molar-refractivity contribution in [1.82, 2.24) is 26.2 Å². The number of terminal acetylenes is 1. The van der Waals surface area contributed by atoms with Crippen LogP contribution in [0.4, 0.5) is 4.79 Å². The van der Waals surface area contributed by atoms with Crippen LogP contribution < -0.4 is 21.3 Å². The van der Waals surface area contributed by atoms with Crippen LogP contribution >= 0.6 is 0 Å². The maximum absolute atomic E-state index is 14.5. The van der Waals surface area contributed by atoms with Gasteiger partial charge in [-0.1, -0.05) is 67.6 Å². The van der Waals surface area contributed by atoms with E-state index in [9.17, 15) is 24.0 Å². The van der Waals surface area contributed by atoms with Crippen molar-refractivity contribution in [3.8, 4) is 12.3 Å². The minimum absolute atomic E-state index is 0.137. The summed E-state index contributed by atoms with van der Waals surface area (Å²) in [5, 5.41) is 11.6. The zero-order chi connectivity index (χ0) is 35.6. The van der Waals surface area contributed by atoms with Crippen molar-refractivity contribution in [3.63, 3.8) is 0 Å². The van der Waals surface area contributed by atoms with Gasteiger partial charge in [0.15, 0.2) is 0 Å². The third-order valence-electron chi connectivity index (χ3n) is 8.99. The number of carbonyl (C=O) groups is 5. The van der Waals surface area contributed by atoms with Crippen LogP contribution in [0.5, 0.6) is 0 Å². The van der Waals surface area contributed by atoms with Crippen molar-refractivity contribution in [3.05, 3.63) is 71.8 Å². The zero-order valence-electron chi connectivity index (χ0n) is 28.9. The zero-order valence-corrected chi connectivity index (χ0v) is 28.9. The second-order valence-corrected chi connectivity index (χ2v) is 13.7. The van der Waals surface area contributed by atoms with Crippen LogP contribution in [0, 0.1) is 18.3 Å². The molecule has 0 saturated carbocycles. The lowest BCUT2D eigenvalue weighted by molar-refractivity contribution is -0.144. The fourth-order valence-corrected chi connectivity index (χ4v) is 6.56. The topological polar surface area (TPSA) is 146 Å². The van der Waals surface area contributed by atoms with Gasteiger partial charge >= 0.3 is 6.09 Å². The van der Waals surface area contributed by atoms with Gasteiger partial charge in [-0.2, -0.15) is 0 Å². The van der Waals surface area contributed by atoms with E-state index in [-0.39, 0.29) is 49.6 Å². The van der Waals surface area contributed by atoms with Gasteiger partial charge in [-0.05, 0) is 64.0 Å². The molecule has 2 aliphatic heterocycles. The molecular weight excluding hydrogens is 622 g/mol. The number of hydrogen-bond acceptors (Lipinski definition) is 6. The molecule has 4 N–H and O–H groups in total. The molecule has 5 atom stereocenters. The molecule has 2 heterocycles. The molecule has 2 saturated heterocycles. The van der Waals surface area contributed by atoms with Gasteiger partial charge in [0.25, 0.3) is 0 Å². The lowest BCUT2D eigenvalue weighted by atomic mass is 9.92. The van der Waals surface area contributed by atoms with Crippen molar-refractivity contribution in [2.75, 3.05) is 6.54 Å². The molecule has 11 nitrogen and oxygen atoms in total. The summed E-state index contributed by atoms with van der Waals surface area (Å²) < 4.78 is 5.35. The molecule has 49 heavy (non-hydrogen) atoms. The average molecular weight is 672 g/mol. The average Bonchev–Trinajstić information content (AvgIpc) is 3.46. The molecule has 0 unspecified atom stereocenters. The van der Waals surface area contributed by atoms with Gasteiger partial charge in [0, 0.05) is 31.3 Å². The van der Waals surface area contributed by atoms with Gasteiger partial charge in [-0.3, -0.25) is 19.2 Å². The first-order valence-corrected chi connectivity index (χ1v) is 17.1. The van der Waals surface area contributed by atoms with E-state index in [0.717, 1.165) is 11.1 Å². The minimum atomic E-state index is -1.05. The first-order valence-electron chi connectivity index (χ1n) is 17.1. The SMILES string of the molecule is C#CCCC(=O)NC[C@H]1CC[C@H]2CC[C@@H](C(=O)NC(c3ccccc3)c3ccccc3)N2C(=O)[C@H]1NC(=O)[C@H](CC)NC(=O)OC(C)(C)C. The molecule has 2 fully saturated rings. The Balaban J connectivity index is 1.58. The van der Waals surface area contributed by atoms with Crippen LogP contribution in [-0.2, 0) is 23.9 Å². The number of hydrogen-bond donors (Lipinski definition) is 4. The summed E-state index contributed by atoms with van der Waals surface area (Å²) >= 11 is 0. The Morgan fingerprint density at radius 1 is 0.939 bits per heavy atom. The normalized spacial score (nSPS) is 21.1. The van der Waals surface area contributed by atoms with Gasteiger partial charge in [0.1, 0.15) is 23.7 Å². The second kappa shape index (κ2) is 17.0. The number of fused-ring (bicyclic) bond motifs is 1. The highest BCUT2D eigenvalue weighted by Gasteiger charge is 2.48. The van der Waals surface area contributed by atoms with E-state index < -0.39 is 47.7 Å². The van der Waals surface area contributed by atoms with Crippen LogP contribution in [0.25, 0.3) is 0 Å². The lowest BCUT2D eigenvalue weighted by Crippen LogP contribution is -2.59. The summed E-state index contributed by atoms with van der Waals surface area (Å²) in [5.74, 6) is 0.525. The molecule has 262 valence electrons. The van der Waals surface area contributed by atoms with Gasteiger partial charge in [0.05, 0.1) is 6.04 Å². The van der Waals surface area contributed by atoms with Crippen molar-refractivity contribution in [2.45, 2.75) is 108 Å². The Labute approximate surface area is 289 Å². The number of rotatable bonds is 12. The van der Waals surface area contributed by atoms with E-state index in [4.69, 9.17) is 11.2 Å². The van der Waals surface area contributed by atoms with Crippen LogP contribution in [0.3, 0.4) is 0 Å². The first-order chi connectivity index (χ1) is 23.4. The van der Waals surface area contributed by atoms with Crippen LogP contribution in [-0.4, -0.2) is 70.9 Å². The van der Waals surface area contributed by atoms with Crippen molar-refractivity contribution in [1.29, 1.82) is 0 Å². The number of carbonyl (C=O) groups excluding carboxylic acids is 5. The van der Waals surface area contributed by atoms with Crippen LogP contribution in [0.1, 0.15) is 89.8 Å². The molecule has 0 spiro atoms. The largest absolute Gasteiger partial charge is 0.444 e. The molecule has 2 aromatic carbocycles. The quantitative estimate of drug-likeness (QED) is 0.251. The molecule has 5 amide bonds. The van der Waals surface area contributed by atoms with Gasteiger partial charge < -0.3 is 30.9 Å². The first kappa shape index (κ1) is 37.0. The van der Waals surface area contributed by atoms with Crippen molar-refractivity contribution >= 4 is 29.7 Å². The summed E-state index contributed by atoms with van der Waals surface area (Å²) in [6.07, 6.45) is 7.48. The summed E-state index contributed by atoms with van der Waals surface area (Å²) in [6, 6.07) is 15.9. The number of ether oxygens (including phenoxy) is 1. The molecule has 11 heteroatoms. The number of benzene rings is 2. The van der Waals surface area contributed by atoms with E-state index in [1.54, 1.807) is 32.6 Å². The van der Waals surface area contributed by atoms with E-state index >= 15 is 0 Å². The Hall–Kier alpha value is -4.85. The lowest BCUT2D eigenvalue weighted by Gasteiger charge is -2.33. The van der Waals surface area contributed by atoms with Crippen molar-refractivity contribution in [2.24, 2.45) is 5.92 Å². The Morgan fingerprint density at radius 3 is 2.12 bits per heavy atom. The Bertz CT molecular complexity index is 1460. The maximum Gasteiger partial charge on any atom is 0.408 e. The maximum atomic E-state index is 14.5. The van der Waals surface area contributed by atoms with E-state index in [1.807, 2.05) is 60.7 Å². The van der Waals surface area contributed by atoms with E-state index in [1.165, 1.54) is 0 Å². The molecule has 0 radical (unpaired) electrons. The summed E-state index contributed by atoms with van der Waals surface area (Å²) in [7, 11) is 0. The van der Waals surface area contributed by atoms with Gasteiger partial charge in [-0.15, -0.1) is 12.3 Å². The third-order valence-corrected chi connectivity index (χ3v) is 8.99. The summed E-state index contributed by atoms with van der Waals surface area (Å²) in [5.41, 5.74) is 1.06. The molecule has 0 bridgehead atoms. The predicted octanol–water partition coefficient (Wildman–Crippen LogP) is 3.98. The molecule has 2 aromatic rings. The summed E-state index contributed by atoms with van der Waals surface area (Å²) in [4.78, 5) is 69.0. The predicted molar refractivity (Wildman–Crippen MR) is 186 cm³/mol. The summed E-state index contributed by atoms with van der Waals surface area (Å²) in [6.45, 7) is 7.05. The smallest absolute Gasteiger partial charge is 0.408 e. The van der Waals surface area contributed by atoms with Crippen molar-refractivity contribution < 1.29 is 28.7 Å². The number of amides is 5. The minimum Gasteiger partial charge on any atom is -0.444 e. The molecule has 4 rings (SSSR count). The number of alkyl carbamates (subject to hydrolysis) is 1. The fourth-order valence-electron chi connectivity index (χ4n) is 6.56. The molecule has 2 aliphatic rings. The van der Waals surface area contributed by atoms with Crippen LogP contribution in [0.15, 0.2) is 60.7 Å². The Kier molecular flexibility index (Phi) is 12.8. The molecular formula is C38H49N5O6. The Morgan fingerprint density at radius 2 is 1.55 bits per heavy atom. The van der Waals surface area contributed by atoms with E-state index in [0.29, 0.717) is 25.7 Å². The number of nitrogens with one attached hydrogen (secondary N) is 4. The van der Waals surface area contributed by atoms with Gasteiger partial charge in [-0.25, -0.2) is 4.79 Å². The molecule has 0 aliphatic carbocycles. The highest BCUT2D eigenvalue weighted by molar-refractivity contribution is 5.95. The fraction of sp³-hybridized carbons (Fsp3) is 0.500. The second-order valence-electron chi connectivity index (χ2n) is 13.7. The molecule has 0 aromatic heterocycles. The monoisotopic (exact) mass is 671 g/mol.